The maximum absolute atomic E-state index is 10.7. The number of benzene rings is 1. The molecule has 5 heteroatoms. The van der Waals surface area contributed by atoms with E-state index in [-0.39, 0.29) is 5.91 Å². The second kappa shape index (κ2) is 8.37. The van der Waals surface area contributed by atoms with Crippen LogP contribution in [0.4, 0.5) is 0 Å². The van der Waals surface area contributed by atoms with Crippen molar-refractivity contribution in [1.82, 2.24) is 10.6 Å². The molecule has 1 rings (SSSR count). The summed E-state index contributed by atoms with van der Waals surface area (Å²) >= 11 is 0. The number of ether oxygens (including phenoxy) is 2. The lowest BCUT2D eigenvalue weighted by atomic mass is 10.2. The number of methoxy groups -OCH3 is 2. The molecule has 0 aromatic heterocycles. The minimum atomic E-state index is 0.00876. The molecule has 0 radical (unpaired) electrons. The number of carbonyl (C=O) groups is 1. The van der Waals surface area contributed by atoms with Crippen LogP contribution in [0.5, 0.6) is 11.5 Å². The molecule has 0 saturated heterocycles. The molecular formula is C14H22N2O3. The van der Waals surface area contributed by atoms with E-state index in [9.17, 15) is 4.79 Å². The third-order valence-corrected chi connectivity index (χ3v) is 2.71. The van der Waals surface area contributed by atoms with Crippen LogP contribution in [0.15, 0.2) is 18.2 Å². The number of rotatable bonds is 8. The molecule has 0 aliphatic carbocycles. The molecule has 5 nitrogen and oxygen atoms in total. The lowest BCUT2D eigenvalue weighted by Gasteiger charge is -2.11. The van der Waals surface area contributed by atoms with Gasteiger partial charge in [0.05, 0.1) is 14.2 Å². The molecule has 106 valence electrons. The van der Waals surface area contributed by atoms with Crippen molar-refractivity contribution in [2.75, 3.05) is 27.3 Å². The predicted molar refractivity (Wildman–Crippen MR) is 74.6 cm³/mol. The fourth-order valence-electron chi connectivity index (χ4n) is 1.72. The Morgan fingerprint density at radius 2 is 2.00 bits per heavy atom. The van der Waals surface area contributed by atoms with Crippen molar-refractivity contribution in [3.63, 3.8) is 0 Å². The molecule has 0 heterocycles. The highest BCUT2D eigenvalue weighted by atomic mass is 16.5. The Bertz CT molecular complexity index is 408. The van der Waals surface area contributed by atoms with Gasteiger partial charge in [-0.2, -0.15) is 0 Å². The highest BCUT2D eigenvalue weighted by Crippen LogP contribution is 2.23. The van der Waals surface area contributed by atoms with Crippen molar-refractivity contribution in [2.24, 2.45) is 0 Å². The molecule has 0 unspecified atom stereocenters. The van der Waals surface area contributed by atoms with Gasteiger partial charge in [-0.25, -0.2) is 0 Å². The zero-order chi connectivity index (χ0) is 14.1. The van der Waals surface area contributed by atoms with E-state index in [1.54, 1.807) is 14.2 Å². The van der Waals surface area contributed by atoms with Crippen molar-refractivity contribution in [3.05, 3.63) is 23.8 Å². The van der Waals surface area contributed by atoms with Crippen molar-refractivity contribution < 1.29 is 14.3 Å². The van der Waals surface area contributed by atoms with E-state index in [0.717, 1.165) is 30.0 Å². The second-order valence-electron chi connectivity index (χ2n) is 4.19. The van der Waals surface area contributed by atoms with Crippen LogP contribution in [0.25, 0.3) is 0 Å². The molecule has 0 spiro atoms. The molecule has 0 aliphatic rings. The molecule has 1 aromatic rings. The summed E-state index contributed by atoms with van der Waals surface area (Å²) in [7, 11) is 3.30. The summed E-state index contributed by atoms with van der Waals surface area (Å²) in [6.45, 7) is 3.76. The summed E-state index contributed by atoms with van der Waals surface area (Å²) in [6, 6.07) is 5.73. The third kappa shape index (κ3) is 5.61. The van der Waals surface area contributed by atoms with Gasteiger partial charge in [-0.3, -0.25) is 4.79 Å². The summed E-state index contributed by atoms with van der Waals surface area (Å²) in [5.41, 5.74) is 1.06. The van der Waals surface area contributed by atoms with Crippen molar-refractivity contribution in [2.45, 2.75) is 19.9 Å². The SMILES string of the molecule is COc1ccc(OC)c(CNCCCNC(C)=O)c1. The van der Waals surface area contributed by atoms with Gasteiger partial charge < -0.3 is 20.1 Å². The van der Waals surface area contributed by atoms with Crippen LogP contribution in [-0.4, -0.2) is 33.2 Å². The number of hydrogen-bond acceptors (Lipinski definition) is 4. The summed E-state index contributed by atoms with van der Waals surface area (Å²) in [5.74, 6) is 1.67. The van der Waals surface area contributed by atoms with E-state index >= 15 is 0 Å². The van der Waals surface area contributed by atoms with Crippen molar-refractivity contribution >= 4 is 5.91 Å². The molecule has 0 fully saturated rings. The largest absolute Gasteiger partial charge is 0.497 e. The van der Waals surface area contributed by atoms with Gasteiger partial charge in [0.15, 0.2) is 0 Å². The van der Waals surface area contributed by atoms with Crippen molar-refractivity contribution in [3.8, 4) is 11.5 Å². The average Bonchev–Trinajstić information content (AvgIpc) is 2.42. The Balaban J connectivity index is 2.37. The fourth-order valence-corrected chi connectivity index (χ4v) is 1.72. The van der Waals surface area contributed by atoms with Crippen LogP contribution in [0.2, 0.25) is 0 Å². The van der Waals surface area contributed by atoms with E-state index < -0.39 is 0 Å². The predicted octanol–water partition coefficient (Wildman–Crippen LogP) is 1.32. The van der Waals surface area contributed by atoms with Gasteiger partial charge in [-0.05, 0) is 31.2 Å². The molecular weight excluding hydrogens is 244 g/mol. The Hall–Kier alpha value is -1.75. The zero-order valence-corrected chi connectivity index (χ0v) is 11.8. The summed E-state index contributed by atoms with van der Waals surface area (Å²) < 4.78 is 10.5. The van der Waals surface area contributed by atoms with Gasteiger partial charge in [0, 0.05) is 25.6 Å². The first-order chi connectivity index (χ1) is 9.17. The molecule has 0 aliphatic heterocycles. The summed E-state index contributed by atoms with van der Waals surface area (Å²) in [5, 5.41) is 6.08. The lowest BCUT2D eigenvalue weighted by molar-refractivity contribution is -0.118. The molecule has 2 N–H and O–H groups in total. The molecule has 1 amide bonds. The summed E-state index contributed by atoms with van der Waals surface area (Å²) in [4.78, 5) is 10.7. The van der Waals surface area contributed by atoms with Crippen LogP contribution in [-0.2, 0) is 11.3 Å². The van der Waals surface area contributed by atoms with Gasteiger partial charge in [-0.15, -0.1) is 0 Å². The van der Waals surface area contributed by atoms with Crippen LogP contribution >= 0.6 is 0 Å². The van der Waals surface area contributed by atoms with Crippen LogP contribution in [0.1, 0.15) is 18.9 Å². The van der Waals surface area contributed by atoms with Gasteiger partial charge in [0.25, 0.3) is 0 Å². The quantitative estimate of drug-likeness (QED) is 0.697. The fraction of sp³-hybridized carbons (Fsp3) is 0.500. The Labute approximate surface area is 114 Å². The zero-order valence-electron chi connectivity index (χ0n) is 11.8. The highest BCUT2D eigenvalue weighted by molar-refractivity contribution is 5.72. The third-order valence-electron chi connectivity index (χ3n) is 2.71. The first kappa shape index (κ1) is 15.3. The molecule has 0 saturated carbocycles. The van der Waals surface area contributed by atoms with E-state index in [1.807, 2.05) is 18.2 Å². The Kier molecular flexibility index (Phi) is 6.74. The molecule has 0 bridgehead atoms. The van der Waals surface area contributed by atoms with Gasteiger partial charge in [0.2, 0.25) is 5.91 Å². The van der Waals surface area contributed by atoms with Crippen LogP contribution in [0.3, 0.4) is 0 Å². The summed E-state index contributed by atoms with van der Waals surface area (Å²) in [6.07, 6.45) is 0.895. The highest BCUT2D eigenvalue weighted by Gasteiger charge is 2.04. The Morgan fingerprint density at radius 1 is 1.21 bits per heavy atom. The molecule has 19 heavy (non-hydrogen) atoms. The van der Waals surface area contributed by atoms with Gasteiger partial charge >= 0.3 is 0 Å². The minimum Gasteiger partial charge on any atom is -0.497 e. The van der Waals surface area contributed by atoms with E-state index in [2.05, 4.69) is 10.6 Å². The average molecular weight is 266 g/mol. The van der Waals surface area contributed by atoms with E-state index in [4.69, 9.17) is 9.47 Å². The Morgan fingerprint density at radius 3 is 2.63 bits per heavy atom. The topological polar surface area (TPSA) is 59.6 Å². The van der Waals surface area contributed by atoms with Crippen LogP contribution < -0.4 is 20.1 Å². The molecule has 1 aromatic carbocycles. The van der Waals surface area contributed by atoms with E-state index in [1.165, 1.54) is 6.92 Å². The smallest absolute Gasteiger partial charge is 0.216 e. The second-order valence-corrected chi connectivity index (χ2v) is 4.19. The lowest BCUT2D eigenvalue weighted by Crippen LogP contribution is -2.25. The minimum absolute atomic E-state index is 0.00876. The first-order valence-electron chi connectivity index (χ1n) is 6.33. The van der Waals surface area contributed by atoms with Gasteiger partial charge in [-0.1, -0.05) is 0 Å². The number of carbonyl (C=O) groups excluding carboxylic acids is 1. The molecule has 0 atom stereocenters. The number of nitrogens with one attached hydrogen (secondary N) is 2. The number of hydrogen-bond donors (Lipinski definition) is 2. The van der Waals surface area contributed by atoms with Gasteiger partial charge in [0.1, 0.15) is 11.5 Å². The maximum atomic E-state index is 10.7. The van der Waals surface area contributed by atoms with E-state index in [0.29, 0.717) is 13.1 Å². The van der Waals surface area contributed by atoms with Crippen molar-refractivity contribution in [1.29, 1.82) is 0 Å². The number of amides is 1. The first-order valence-corrected chi connectivity index (χ1v) is 6.33. The standard InChI is InChI=1S/C14H22N2O3/c1-11(17)16-8-4-7-15-10-12-9-13(18-2)5-6-14(12)19-3/h5-6,9,15H,4,7-8,10H2,1-3H3,(H,16,17). The van der Waals surface area contributed by atoms with Crippen LogP contribution in [0, 0.1) is 0 Å². The maximum Gasteiger partial charge on any atom is 0.216 e. The monoisotopic (exact) mass is 266 g/mol. The normalized spacial score (nSPS) is 10.1.